The Hall–Kier alpha value is -7.43. The van der Waals surface area contributed by atoms with Gasteiger partial charge < -0.3 is 45.0 Å². The van der Waals surface area contributed by atoms with E-state index in [0.717, 1.165) is 40.1 Å². The molecule has 0 radical (unpaired) electrons. The molecule has 378 valence electrons. The third kappa shape index (κ3) is 13.7. The topological polar surface area (TPSA) is 199 Å². The number of hydrogen-bond donors (Lipinski definition) is 4. The van der Waals surface area contributed by atoms with Crippen LogP contribution in [-0.2, 0) is 41.4 Å². The van der Waals surface area contributed by atoms with Crippen LogP contribution in [0, 0.1) is 23.7 Å². The molecule has 4 amide bonds. The second-order valence-corrected chi connectivity index (χ2v) is 19.4. The molecule has 0 unspecified atom stereocenters. The summed E-state index contributed by atoms with van der Waals surface area (Å²) in [5.41, 5.74) is 1.61. The fourth-order valence-electron chi connectivity index (χ4n) is 8.15. The standard InChI is InChI=1S/C53H57F3N8O7S/c1-33-46(71-32-59-33)37-13-11-34(12-14-37)29-58-48(68)43-9-7-25-63(43)49(69)47(51(2,3)4)62-45(67)30-70-26-8-10-44(66)60-39-20-15-35(16-21-39)36-18-23-41(24-19-36)64(52(5,6)31-65)50(72)61-40-22-17-38(28-57)42(27-40)53(54,55)56/h11-24,27,31-32,43,47H,7-10,25-26,29-30H2,1-6H3,(H,58,68)(H,60,66)(H,61,72)(H,62,67)/t43-,47+/m0/s1. The monoisotopic (exact) mass is 1010 g/mol. The molecule has 15 nitrogen and oxygen atoms in total. The summed E-state index contributed by atoms with van der Waals surface area (Å²) in [6, 6.07) is 24.8. The molecule has 2 heterocycles. The summed E-state index contributed by atoms with van der Waals surface area (Å²) in [6.07, 6.45) is -1.13. The smallest absolute Gasteiger partial charge is 0.417 e. The number of nitrogens with one attached hydrogen (secondary N) is 4. The molecule has 1 fully saturated rings. The number of amides is 4. The lowest BCUT2D eigenvalue weighted by Gasteiger charge is -2.36. The number of aryl methyl sites for hydroxylation is 1. The molecule has 0 bridgehead atoms. The Balaban J connectivity index is 0.943. The number of oxazole rings is 1. The van der Waals surface area contributed by atoms with E-state index < -0.39 is 46.2 Å². The summed E-state index contributed by atoms with van der Waals surface area (Å²) in [6.45, 7) is 11.0. The number of carbonyl (C=O) groups is 5. The van der Waals surface area contributed by atoms with Gasteiger partial charge in [0.15, 0.2) is 17.3 Å². The Labute approximate surface area is 421 Å². The molecule has 1 aromatic heterocycles. The maximum atomic E-state index is 14.0. The quantitative estimate of drug-likeness (QED) is 0.0370. The first-order valence-electron chi connectivity index (χ1n) is 23.2. The van der Waals surface area contributed by atoms with Crippen LogP contribution < -0.4 is 26.2 Å². The number of nitriles is 1. The van der Waals surface area contributed by atoms with Crippen molar-refractivity contribution in [3.05, 3.63) is 120 Å². The van der Waals surface area contributed by atoms with Gasteiger partial charge in [-0.25, -0.2) is 4.98 Å². The second kappa shape index (κ2) is 23.2. The first kappa shape index (κ1) is 53.9. The average Bonchev–Trinajstić information content (AvgIpc) is 4.02. The molecule has 19 heteroatoms. The van der Waals surface area contributed by atoms with Crippen molar-refractivity contribution in [3.8, 4) is 28.5 Å². The van der Waals surface area contributed by atoms with E-state index in [1.165, 1.54) is 17.4 Å². The number of ether oxygens (including phenoxy) is 1. The number of halogens is 3. The fraction of sp³-hybridized carbons (Fsp3) is 0.358. The largest absolute Gasteiger partial charge is 0.443 e. The predicted molar refractivity (Wildman–Crippen MR) is 270 cm³/mol. The van der Waals surface area contributed by atoms with E-state index in [0.29, 0.717) is 49.2 Å². The van der Waals surface area contributed by atoms with Crippen molar-refractivity contribution < 1.29 is 46.3 Å². The van der Waals surface area contributed by atoms with Crippen LogP contribution in [0.2, 0.25) is 0 Å². The lowest BCUT2D eigenvalue weighted by molar-refractivity contribution is -0.144. The highest BCUT2D eigenvalue weighted by atomic mass is 32.1. The Bertz CT molecular complexity index is 2800. The SMILES string of the molecule is Cc1ncoc1-c1ccc(CNC(=O)[C@@H]2CCCN2C(=O)[C@@H](NC(=O)COCCCC(=O)Nc2ccc(-c3ccc(N(C(=S)Nc4ccc(C#N)c(C(F)(F)F)c4)C(C)(C)C=O)cc3)cc2)C(C)(C)C)cc1. The average molecular weight is 1010 g/mol. The molecule has 1 saturated heterocycles. The van der Waals surface area contributed by atoms with E-state index >= 15 is 0 Å². The van der Waals surface area contributed by atoms with Gasteiger partial charge in [-0.15, -0.1) is 0 Å². The van der Waals surface area contributed by atoms with Crippen LogP contribution in [0.4, 0.5) is 30.2 Å². The van der Waals surface area contributed by atoms with E-state index in [1.54, 1.807) is 61.2 Å². The maximum absolute atomic E-state index is 14.0. The minimum atomic E-state index is -4.77. The molecule has 72 heavy (non-hydrogen) atoms. The van der Waals surface area contributed by atoms with Crippen molar-refractivity contribution in [2.75, 3.05) is 35.3 Å². The molecule has 0 spiro atoms. The molecule has 1 aliphatic rings. The lowest BCUT2D eigenvalue weighted by Crippen LogP contribution is -2.58. The summed E-state index contributed by atoms with van der Waals surface area (Å²) >= 11 is 5.59. The Morgan fingerprint density at radius 2 is 1.56 bits per heavy atom. The van der Waals surface area contributed by atoms with Crippen molar-refractivity contribution in [2.24, 2.45) is 5.41 Å². The number of nitrogens with zero attached hydrogens (tertiary/aromatic N) is 4. The van der Waals surface area contributed by atoms with Gasteiger partial charge in [0.2, 0.25) is 23.6 Å². The zero-order valence-corrected chi connectivity index (χ0v) is 41.6. The number of alkyl halides is 3. The number of thiocarbonyl (C=S) groups is 1. The summed E-state index contributed by atoms with van der Waals surface area (Å²) < 4.78 is 51.9. The van der Waals surface area contributed by atoms with Gasteiger partial charge in [0.05, 0.1) is 28.4 Å². The van der Waals surface area contributed by atoms with E-state index in [4.69, 9.17) is 26.6 Å². The number of benzene rings is 4. The van der Waals surface area contributed by atoms with Gasteiger partial charge in [-0.1, -0.05) is 69.3 Å². The number of aromatic nitrogens is 1. The molecular formula is C53H57F3N8O7S. The molecule has 5 aromatic rings. The summed E-state index contributed by atoms with van der Waals surface area (Å²) in [5.74, 6) is -0.704. The Morgan fingerprint density at radius 1 is 0.917 bits per heavy atom. The number of rotatable bonds is 18. The van der Waals surface area contributed by atoms with E-state index in [1.807, 2.05) is 64.1 Å². The highest BCUT2D eigenvalue weighted by Gasteiger charge is 2.42. The molecule has 4 aromatic carbocycles. The van der Waals surface area contributed by atoms with Gasteiger partial charge in [0, 0.05) is 48.7 Å². The normalized spacial score (nSPS) is 14.2. The number of aldehydes is 1. The van der Waals surface area contributed by atoms with Crippen LogP contribution in [0.5, 0.6) is 0 Å². The van der Waals surface area contributed by atoms with Crippen molar-refractivity contribution in [1.29, 1.82) is 5.26 Å². The van der Waals surface area contributed by atoms with Crippen LogP contribution in [0.15, 0.2) is 102 Å². The molecular weight excluding hydrogens is 950 g/mol. The van der Waals surface area contributed by atoms with Gasteiger partial charge in [-0.05, 0) is 117 Å². The highest BCUT2D eigenvalue weighted by Crippen LogP contribution is 2.35. The van der Waals surface area contributed by atoms with Gasteiger partial charge in [-0.2, -0.15) is 18.4 Å². The maximum Gasteiger partial charge on any atom is 0.417 e. The second-order valence-electron chi connectivity index (χ2n) is 19.0. The number of hydrogen-bond acceptors (Lipinski definition) is 10. The highest BCUT2D eigenvalue weighted by molar-refractivity contribution is 7.80. The Kier molecular flexibility index (Phi) is 17.4. The lowest BCUT2D eigenvalue weighted by atomic mass is 9.85. The molecule has 4 N–H and O–H groups in total. The zero-order valence-electron chi connectivity index (χ0n) is 40.8. The number of anilines is 3. The molecule has 6 rings (SSSR count). The molecule has 2 atom stereocenters. The van der Waals surface area contributed by atoms with Crippen LogP contribution in [0.3, 0.4) is 0 Å². The number of likely N-dealkylation sites (tertiary alicyclic amines) is 1. The van der Waals surface area contributed by atoms with Gasteiger partial charge in [0.25, 0.3) is 0 Å². The third-order valence-electron chi connectivity index (χ3n) is 12.0. The molecule has 1 aliphatic heterocycles. The number of carbonyl (C=O) groups excluding carboxylic acids is 5. The summed E-state index contributed by atoms with van der Waals surface area (Å²) in [4.78, 5) is 72.6. The Morgan fingerprint density at radius 3 is 2.15 bits per heavy atom. The van der Waals surface area contributed by atoms with Gasteiger partial charge in [0.1, 0.15) is 25.0 Å². The first-order chi connectivity index (χ1) is 34.1. The van der Waals surface area contributed by atoms with Crippen LogP contribution in [0.25, 0.3) is 22.5 Å². The van der Waals surface area contributed by atoms with Crippen LogP contribution >= 0.6 is 12.2 Å². The minimum absolute atomic E-state index is 0.0107. The van der Waals surface area contributed by atoms with Crippen molar-refractivity contribution >= 4 is 64.3 Å². The predicted octanol–water partition coefficient (Wildman–Crippen LogP) is 8.96. The summed E-state index contributed by atoms with van der Waals surface area (Å²) in [5, 5.41) is 20.5. The van der Waals surface area contributed by atoms with Crippen molar-refractivity contribution in [1.82, 2.24) is 20.5 Å². The zero-order chi connectivity index (χ0) is 52.4. The third-order valence-corrected chi connectivity index (χ3v) is 12.3. The summed E-state index contributed by atoms with van der Waals surface area (Å²) in [7, 11) is 0. The molecule has 0 saturated carbocycles. The molecule has 0 aliphatic carbocycles. The van der Waals surface area contributed by atoms with Crippen LogP contribution in [-0.4, -0.2) is 82.3 Å². The first-order valence-corrected chi connectivity index (χ1v) is 23.6. The van der Waals surface area contributed by atoms with E-state index in [9.17, 15) is 37.1 Å². The van der Waals surface area contributed by atoms with Crippen LogP contribution in [0.1, 0.15) is 82.7 Å². The minimum Gasteiger partial charge on any atom is -0.443 e. The van der Waals surface area contributed by atoms with E-state index in [2.05, 4.69) is 26.3 Å². The van der Waals surface area contributed by atoms with Crippen molar-refractivity contribution in [2.45, 2.75) is 97.6 Å². The van der Waals surface area contributed by atoms with Crippen molar-refractivity contribution in [3.63, 3.8) is 0 Å². The van der Waals surface area contributed by atoms with Gasteiger partial charge >= 0.3 is 6.18 Å². The fourth-order valence-corrected chi connectivity index (χ4v) is 8.61. The van der Waals surface area contributed by atoms with E-state index in [-0.39, 0.29) is 54.7 Å². The van der Waals surface area contributed by atoms with Gasteiger partial charge in [-0.3, -0.25) is 19.2 Å².